The first-order valence-electron chi connectivity index (χ1n) is 7.98. The molecule has 1 aromatic carbocycles. The van der Waals surface area contributed by atoms with E-state index in [-0.39, 0.29) is 23.8 Å². The Bertz CT molecular complexity index is 603. The molecule has 1 saturated carbocycles. The number of phenolic OH excluding ortho intramolecular Hbond substituents is 2. The molecule has 1 fully saturated rings. The van der Waals surface area contributed by atoms with Crippen LogP contribution >= 0.6 is 11.6 Å². The second kappa shape index (κ2) is 9.48. The minimum absolute atomic E-state index is 0.155. The van der Waals surface area contributed by atoms with Crippen LogP contribution in [0.5, 0.6) is 11.5 Å². The number of esters is 1. The zero-order chi connectivity index (χ0) is 19.0. The van der Waals surface area contributed by atoms with E-state index in [2.05, 4.69) is 22.7 Å². The van der Waals surface area contributed by atoms with Gasteiger partial charge in [-0.15, -0.1) is 11.6 Å². The number of alkyl halides is 1. The topological polar surface area (TPSA) is 124 Å². The van der Waals surface area contributed by atoms with Crippen molar-refractivity contribution in [3.05, 3.63) is 23.8 Å². The Hall–Kier alpha value is -1.99. The van der Waals surface area contributed by atoms with Gasteiger partial charge in [0.2, 0.25) is 0 Å². The number of amides is 1. The number of quaternary nitrogens is 1. The summed E-state index contributed by atoms with van der Waals surface area (Å²) in [5.41, 5.74) is 3.91. The van der Waals surface area contributed by atoms with E-state index in [0.717, 1.165) is 12.8 Å². The molecule has 0 saturated heterocycles. The maximum absolute atomic E-state index is 12.4. The molecule has 8 heteroatoms. The molecule has 1 atom stereocenters. The molecule has 0 bridgehead atoms. The van der Waals surface area contributed by atoms with Gasteiger partial charge in [0, 0.05) is 25.6 Å². The number of hydrogen-bond acceptors (Lipinski definition) is 5. The molecule has 25 heavy (non-hydrogen) atoms. The van der Waals surface area contributed by atoms with Crippen LogP contribution < -0.4 is 11.1 Å². The van der Waals surface area contributed by atoms with Crippen LogP contribution in [0.4, 0.5) is 0 Å². The number of aromatic hydroxyl groups is 2. The second-order valence-electron chi connectivity index (χ2n) is 6.06. The lowest BCUT2D eigenvalue weighted by Gasteiger charge is -2.23. The molecule has 1 aliphatic rings. The van der Waals surface area contributed by atoms with Gasteiger partial charge in [-0.1, -0.05) is 6.07 Å². The van der Waals surface area contributed by atoms with Crippen molar-refractivity contribution in [2.45, 2.75) is 43.7 Å². The summed E-state index contributed by atoms with van der Waals surface area (Å²) in [7, 11) is 1.26. The standard InChI is InChI=1S/C16H22N2O5.CH3Cl/c1-23-14(21)11(8-10-4-5-12(19)13(20)9-10)18-15(22)16(17)6-2-3-7-16;1-2/h4-5,9,11,19-20H,2-3,6-8,17H2,1H3,(H,18,22);1H3/p+1. The molecule has 7 nitrogen and oxygen atoms in total. The zero-order valence-corrected chi connectivity index (χ0v) is 15.3. The van der Waals surface area contributed by atoms with Gasteiger partial charge >= 0.3 is 5.97 Å². The molecule has 2 rings (SSSR count). The second-order valence-corrected chi connectivity index (χ2v) is 6.06. The summed E-state index contributed by atoms with van der Waals surface area (Å²) in [5, 5.41) is 21.6. The van der Waals surface area contributed by atoms with Crippen LogP contribution in [0.3, 0.4) is 0 Å². The van der Waals surface area contributed by atoms with Crippen LogP contribution in [0.1, 0.15) is 31.2 Å². The molecular formula is C17H26ClN2O5+. The Labute approximate surface area is 152 Å². The largest absolute Gasteiger partial charge is 0.504 e. The first-order chi connectivity index (χ1) is 11.9. The molecular weight excluding hydrogens is 348 g/mol. The molecule has 1 amide bonds. The summed E-state index contributed by atoms with van der Waals surface area (Å²) in [6.45, 7) is 0. The summed E-state index contributed by atoms with van der Waals surface area (Å²) in [4.78, 5) is 24.4. The lowest BCUT2D eigenvalue weighted by atomic mass is 9.96. The summed E-state index contributed by atoms with van der Waals surface area (Å²) in [5.74, 6) is -1.34. The third-order valence-corrected chi connectivity index (χ3v) is 4.31. The van der Waals surface area contributed by atoms with Gasteiger partial charge in [0.25, 0.3) is 5.91 Å². The average Bonchev–Trinajstić information content (AvgIpc) is 3.06. The maximum Gasteiger partial charge on any atom is 0.328 e. The number of rotatable bonds is 5. The van der Waals surface area contributed by atoms with Gasteiger partial charge in [-0.3, -0.25) is 4.79 Å². The van der Waals surface area contributed by atoms with Crippen molar-refractivity contribution in [3.63, 3.8) is 0 Å². The van der Waals surface area contributed by atoms with E-state index in [4.69, 9.17) is 4.74 Å². The van der Waals surface area contributed by atoms with Crippen molar-refractivity contribution >= 4 is 23.5 Å². The molecule has 1 aliphatic carbocycles. The number of halogens is 1. The van der Waals surface area contributed by atoms with Crippen LogP contribution in [0.2, 0.25) is 0 Å². The van der Waals surface area contributed by atoms with Crippen LogP contribution in [-0.4, -0.2) is 47.2 Å². The molecule has 6 N–H and O–H groups in total. The highest BCUT2D eigenvalue weighted by atomic mass is 35.5. The van der Waals surface area contributed by atoms with Crippen molar-refractivity contribution in [2.75, 3.05) is 13.5 Å². The smallest absolute Gasteiger partial charge is 0.328 e. The van der Waals surface area contributed by atoms with Crippen LogP contribution in [-0.2, 0) is 20.7 Å². The number of carbonyl (C=O) groups excluding carboxylic acids is 2. The van der Waals surface area contributed by atoms with Crippen molar-refractivity contribution in [1.82, 2.24) is 5.32 Å². The van der Waals surface area contributed by atoms with Crippen molar-refractivity contribution in [3.8, 4) is 11.5 Å². The highest BCUT2D eigenvalue weighted by Crippen LogP contribution is 2.27. The Kier molecular flexibility index (Phi) is 7.99. The number of carbonyl (C=O) groups is 2. The number of benzene rings is 1. The van der Waals surface area contributed by atoms with Crippen molar-refractivity contribution < 1.29 is 30.3 Å². The minimum Gasteiger partial charge on any atom is -0.504 e. The van der Waals surface area contributed by atoms with Gasteiger partial charge in [0.05, 0.1) is 7.11 Å². The fraction of sp³-hybridized carbons (Fsp3) is 0.529. The van der Waals surface area contributed by atoms with Gasteiger partial charge in [0.15, 0.2) is 17.0 Å². The fourth-order valence-electron chi connectivity index (χ4n) is 2.86. The van der Waals surface area contributed by atoms with Gasteiger partial charge in [0.1, 0.15) is 6.04 Å². The molecule has 0 spiro atoms. The molecule has 1 aromatic rings. The first kappa shape index (κ1) is 21.1. The van der Waals surface area contributed by atoms with Gasteiger partial charge in [-0.25, -0.2) is 4.79 Å². The SMILES string of the molecule is CCl.COC(=O)C(Cc1ccc(O)c(O)c1)NC(=O)C1([NH3+])CCCC1. The lowest BCUT2D eigenvalue weighted by molar-refractivity contribution is -0.456. The average molecular weight is 374 g/mol. The third kappa shape index (κ3) is 5.51. The van der Waals surface area contributed by atoms with Gasteiger partial charge in [-0.05, 0) is 30.5 Å². The first-order valence-corrected chi connectivity index (χ1v) is 8.74. The predicted molar refractivity (Wildman–Crippen MR) is 93.3 cm³/mol. The Balaban J connectivity index is 0.00000151. The van der Waals surface area contributed by atoms with Crippen molar-refractivity contribution in [2.24, 2.45) is 0 Å². The summed E-state index contributed by atoms with van der Waals surface area (Å²) >= 11 is 4.64. The Morgan fingerprint density at radius 3 is 2.40 bits per heavy atom. The normalized spacial score (nSPS) is 16.3. The monoisotopic (exact) mass is 373 g/mol. The van der Waals surface area contributed by atoms with E-state index >= 15 is 0 Å². The zero-order valence-electron chi connectivity index (χ0n) is 14.5. The Morgan fingerprint density at radius 2 is 1.88 bits per heavy atom. The number of ether oxygens (including phenoxy) is 1. The molecule has 140 valence electrons. The number of phenols is 2. The fourth-order valence-corrected chi connectivity index (χ4v) is 2.86. The predicted octanol–water partition coefficient (Wildman–Crippen LogP) is 0.708. The van der Waals surface area contributed by atoms with Gasteiger partial charge in [-0.2, -0.15) is 0 Å². The molecule has 0 radical (unpaired) electrons. The van der Waals surface area contributed by atoms with Crippen LogP contribution in [0.25, 0.3) is 0 Å². The van der Waals surface area contributed by atoms with E-state index in [9.17, 15) is 19.8 Å². The van der Waals surface area contributed by atoms with E-state index in [0.29, 0.717) is 18.4 Å². The maximum atomic E-state index is 12.4. The highest BCUT2D eigenvalue weighted by Gasteiger charge is 2.42. The van der Waals surface area contributed by atoms with E-state index in [1.807, 2.05) is 0 Å². The number of hydrogen-bond donors (Lipinski definition) is 4. The molecule has 0 aromatic heterocycles. The summed E-state index contributed by atoms with van der Waals surface area (Å²) < 4.78 is 4.75. The number of nitrogens with one attached hydrogen (secondary N) is 1. The quantitative estimate of drug-likeness (QED) is 0.344. The van der Waals surface area contributed by atoms with E-state index < -0.39 is 17.6 Å². The molecule has 1 unspecified atom stereocenters. The van der Waals surface area contributed by atoms with E-state index in [1.165, 1.54) is 25.6 Å². The number of methoxy groups -OCH3 is 1. The molecule has 0 aliphatic heterocycles. The lowest BCUT2D eigenvalue weighted by Crippen LogP contribution is -2.78. The van der Waals surface area contributed by atoms with E-state index in [1.54, 1.807) is 6.07 Å². The van der Waals surface area contributed by atoms with Crippen LogP contribution in [0.15, 0.2) is 18.2 Å². The van der Waals surface area contributed by atoms with Crippen molar-refractivity contribution in [1.29, 1.82) is 0 Å². The minimum atomic E-state index is -0.865. The highest BCUT2D eigenvalue weighted by molar-refractivity contribution is 6.15. The summed E-state index contributed by atoms with van der Waals surface area (Å²) in [6.07, 6.45) is 4.93. The van der Waals surface area contributed by atoms with Gasteiger partial charge < -0.3 is 26.0 Å². The van der Waals surface area contributed by atoms with Crippen LogP contribution in [0, 0.1) is 0 Å². The summed E-state index contributed by atoms with van der Waals surface area (Å²) in [6, 6.07) is 3.40. The third-order valence-electron chi connectivity index (χ3n) is 4.31. The Morgan fingerprint density at radius 1 is 1.28 bits per heavy atom. The molecule has 0 heterocycles.